The standard InChI is InChI=1S/C13H15N/c1-5-14-13-9-7-6-8-12(13)11(4)10(2)3/h5-9H,1-2H2,3-4H3/b12-11-,14-13?. The molecular weight excluding hydrogens is 170 g/mol. The first-order chi connectivity index (χ1) is 6.66. The van der Waals surface area contributed by atoms with Gasteiger partial charge in [0.2, 0.25) is 0 Å². The fraction of sp³-hybridized carbons (Fsp3) is 0.154. The minimum atomic E-state index is 0.947. The smallest absolute Gasteiger partial charge is 0.0704 e. The summed E-state index contributed by atoms with van der Waals surface area (Å²) in [5, 5.41) is 0. The molecule has 1 aliphatic carbocycles. The Morgan fingerprint density at radius 2 is 1.93 bits per heavy atom. The molecule has 0 N–H and O–H groups in total. The van der Waals surface area contributed by atoms with E-state index < -0.39 is 0 Å². The normalized spacial score (nSPS) is 21.1. The second-order valence-corrected chi connectivity index (χ2v) is 3.23. The van der Waals surface area contributed by atoms with Crippen molar-refractivity contribution in [2.45, 2.75) is 13.8 Å². The average molecular weight is 185 g/mol. The highest BCUT2D eigenvalue weighted by atomic mass is 14.7. The summed E-state index contributed by atoms with van der Waals surface area (Å²) < 4.78 is 0. The van der Waals surface area contributed by atoms with Gasteiger partial charge in [-0.05, 0) is 25.5 Å². The first kappa shape index (κ1) is 10.5. The van der Waals surface area contributed by atoms with E-state index in [0.29, 0.717) is 0 Å². The molecule has 1 heteroatoms. The van der Waals surface area contributed by atoms with Crippen molar-refractivity contribution in [2.24, 2.45) is 4.99 Å². The van der Waals surface area contributed by atoms with Crippen LogP contribution in [0.1, 0.15) is 13.8 Å². The van der Waals surface area contributed by atoms with Gasteiger partial charge < -0.3 is 0 Å². The van der Waals surface area contributed by atoms with Crippen molar-refractivity contribution in [3.05, 3.63) is 60.4 Å². The van der Waals surface area contributed by atoms with Gasteiger partial charge in [-0.15, -0.1) is 0 Å². The predicted octanol–water partition coefficient (Wildman–Crippen LogP) is 3.59. The van der Waals surface area contributed by atoms with Gasteiger partial charge in [-0.2, -0.15) is 0 Å². The summed E-state index contributed by atoms with van der Waals surface area (Å²) in [6.07, 6.45) is 9.56. The molecule has 0 amide bonds. The summed E-state index contributed by atoms with van der Waals surface area (Å²) in [5.41, 5.74) is 4.31. The Labute approximate surface area is 85.6 Å². The molecular formula is C13H15N. The van der Waals surface area contributed by atoms with Crippen LogP contribution in [0.25, 0.3) is 0 Å². The van der Waals surface area contributed by atoms with Gasteiger partial charge in [0.1, 0.15) is 0 Å². The molecule has 0 aromatic carbocycles. The highest BCUT2D eigenvalue weighted by molar-refractivity contribution is 6.12. The number of hydrogen-bond acceptors (Lipinski definition) is 1. The zero-order valence-electron chi connectivity index (χ0n) is 8.75. The van der Waals surface area contributed by atoms with Crippen molar-refractivity contribution in [3.8, 4) is 0 Å². The lowest BCUT2D eigenvalue weighted by molar-refractivity contribution is 1.33. The molecule has 0 aliphatic heterocycles. The van der Waals surface area contributed by atoms with Gasteiger partial charge in [-0.1, -0.05) is 37.0 Å². The molecule has 0 aromatic rings. The first-order valence-corrected chi connectivity index (χ1v) is 4.57. The minimum Gasteiger partial charge on any atom is -0.257 e. The summed E-state index contributed by atoms with van der Waals surface area (Å²) in [6, 6.07) is 0. The number of aliphatic imine (C=N–C) groups is 1. The molecule has 14 heavy (non-hydrogen) atoms. The summed E-state index contributed by atoms with van der Waals surface area (Å²) in [4.78, 5) is 4.21. The molecule has 0 heterocycles. The van der Waals surface area contributed by atoms with Gasteiger partial charge in [0.05, 0.1) is 5.71 Å². The summed E-state index contributed by atoms with van der Waals surface area (Å²) >= 11 is 0. The Hall–Kier alpha value is -1.63. The van der Waals surface area contributed by atoms with Crippen molar-refractivity contribution in [1.82, 2.24) is 0 Å². The Morgan fingerprint density at radius 3 is 2.50 bits per heavy atom. The second-order valence-electron chi connectivity index (χ2n) is 3.23. The lowest BCUT2D eigenvalue weighted by Gasteiger charge is -2.10. The van der Waals surface area contributed by atoms with E-state index >= 15 is 0 Å². The minimum absolute atomic E-state index is 0.947. The third-order valence-corrected chi connectivity index (χ3v) is 2.18. The fourth-order valence-electron chi connectivity index (χ4n) is 1.23. The van der Waals surface area contributed by atoms with Gasteiger partial charge >= 0.3 is 0 Å². The Morgan fingerprint density at radius 1 is 1.29 bits per heavy atom. The lowest BCUT2D eigenvalue weighted by atomic mass is 9.96. The topological polar surface area (TPSA) is 12.4 Å². The van der Waals surface area contributed by atoms with Crippen LogP contribution in [-0.4, -0.2) is 5.71 Å². The van der Waals surface area contributed by atoms with E-state index in [2.05, 4.69) is 25.1 Å². The second kappa shape index (κ2) is 4.56. The van der Waals surface area contributed by atoms with Crippen LogP contribution < -0.4 is 0 Å². The van der Waals surface area contributed by atoms with Crippen molar-refractivity contribution in [1.29, 1.82) is 0 Å². The monoisotopic (exact) mass is 185 g/mol. The molecule has 0 radical (unpaired) electrons. The molecule has 72 valence electrons. The van der Waals surface area contributed by atoms with E-state index in [0.717, 1.165) is 16.9 Å². The van der Waals surface area contributed by atoms with Crippen LogP contribution in [0, 0.1) is 0 Å². The van der Waals surface area contributed by atoms with Crippen molar-refractivity contribution < 1.29 is 0 Å². The van der Waals surface area contributed by atoms with E-state index in [1.54, 1.807) is 6.20 Å². The van der Waals surface area contributed by atoms with Crippen LogP contribution in [0.4, 0.5) is 0 Å². The SMILES string of the molecule is C=CN=C1C=CC=C/C1=C(\C)C(=C)C. The largest absolute Gasteiger partial charge is 0.257 e. The predicted molar refractivity (Wildman–Crippen MR) is 63.4 cm³/mol. The zero-order chi connectivity index (χ0) is 10.6. The molecule has 0 fully saturated rings. The van der Waals surface area contributed by atoms with Gasteiger partial charge in [-0.25, -0.2) is 0 Å². The third kappa shape index (κ3) is 2.19. The molecule has 1 rings (SSSR count). The molecule has 0 aromatic heterocycles. The van der Waals surface area contributed by atoms with E-state index in [4.69, 9.17) is 0 Å². The quantitative estimate of drug-likeness (QED) is 0.623. The number of nitrogens with zero attached hydrogens (tertiary/aromatic N) is 1. The van der Waals surface area contributed by atoms with E-state index in [-0.39, 0.29) is 0 Å². The highest BCUT2D eigenvalue weighted by Gasteiger charge is 2.07. The molecule has 0 spiro atoms. The summed E-state index contributed by atoms with van der Waals surface area (Å²) in [6.45, 7) is 11.6. The molecule has 0 bridgehead atoms. The van der Waals surface area contributed by atoms with Crippen LogP contribution in [0.5, 0.6) is 0 Å². The first-order valence-electron chi connectivity index (χ1n) is 4.57. The maximum absolute atomic E-state index is 4.21. The van der Waals surface area contributed by atoms with Gasteiger partial charge in [0, 0.05) is 11.8 Å². The summed E-state index contributed by atoms with van der Waals surface area (Å²) in [7, 11) is 0. The van der Waals surface area contributed by atoms with Crippen molar-refractivity contribution in [2.75, 3.05) is 0 Å². The molecule has 0 saturated carbocycles. The van der Waals surface area contributed by atoms with Crippen LogP contribution in [0.15, 0.2) is 65.4 Å². The Bertz CT molecular complexity index is 376. The number of rotatable bonds is 2. The van der Waals surface area contributed by atoms with Gasteiger partial charge in [0.25, 0.3) is 0 Å². The highest BCUT2D eigenvalue weighted by Crippen LogP contribution is 2.18. The Kier molecular flexibility index (Phi) is 3.41. The van der Waals surface area contributed by atoms with Crippen LogP contribution in [-0.2, 0) is 0 Å². The van der Waals surface area contributed by atoms with Gasteiger partial charge in [0.15, 0.2) is 0 Å². The van der Waals surface area contributed by atoms with Crippen LogP contribution >= 0.6 is 0 Å². The third-order valence-electron chi connectivity index (χ3n) is 2.18. The fourth-order valence-corrected chi connectivity index (χ4v) is 1.23. The number of allylic oxidation sites excluding steroid dienone is 7. The number of hydrogen-bond donors (Lipinski definition) is 0. The average Bonchev–Trinajstić information content (AvgIpc) is 2.18. The molecule has 1 aliphatic rings. The van der Waals surface area contributed by atoms with E-state index in [1.165, 1.54) is 5.57 Å². The van der Waals surface area contributed by atoms with Crippen LogP contribution in [0.3, 0.4) is 0 Å². The lowest BCUT2D eigenvalue weighted by Crippen LogP contribution is -2.02. The molecule has 0 unspecified atom stereocenters. The van der Waals surface area contributed by atoms with Crippen molar-refractivity contribution >= 4 is 5.71 Å². The molecule has 1 nitrogen and oxygen atoms in total. The van der Waals surface area contributed by atoms with Crippen LogP contribution in [0.2, 0.25) is 0 Å². The van der Waals surface area contributed by atoms with Crippen molar-refractivity contribution in [3.63, 3.8) is 0 Å². The molecule has 0 saturated heterocycles. The summed E-state index contributed by atoms with van der Waals surface area (Å²) in [5.74, 6) is 0. The maximum atomic E-state index is 4.21. The maximum Gasteiger partial charge on any atom is 0.0704 e. The van der Waals surface area contributed by atoms with E-state index in [1.807, 2.05) is 31.2 Å². The Balaban J connectivity index is 3.21. The zero-order valence-corrected chi connectivity index (χ0v) is 8.75. The molecule has 0 atom stereocenters. The van der Waals surface area contributed by atoms with E-state index in [9.17, 15) is 0 Å². The van der Waals surface area contributed by atoms with Gasteiger partial charge in [-0.3, -0.25) is 4.99 Å².